The first-order valence-corrected chi connectivity index (χ1v) is 14.1. The average molecular weight is 517 g/mol. The fourth-order valence-corrected chi connectivity index (χ4v) is 6.36. The molecule has 7 rings (SSSR count). The summed E-state index contributed by atoms with van der Waals surface area (Å²) < 4.78 is 4.90. The minimum absolute atomic E-state index is 0.415. The molecule has 6 aromatic rings. The summed E-state index contributed by atoms with van der Waals surface area (Å²) in [5, 5.41) is 5.26. The molecule has 2 heterocycles. The van der Waals surface area contributed by atoms with Crippen LogP contribution in [0.3, 0.4) is 0 Å². The molecular formula is C38H32N2. The molecule has 1 aliphatic carbocycles. The second-order valence-corrected chi connectivity index (χ2v) is 10.6. The van der Waals surface area contributed by atoms with E-state index >= 15 is 0 Å². The lowest BCUT2D eigenvalue weighted by Gasteiger charge is -2.19. The van der Waals surface area contributed by atoms with E-state index in [9.17, 15) is 0 Å². The summed E-state index contributed by atoms with van der Waals surface area (Å²) in [6, 6.07) is 34.9. The molecule has 0 spiro atoms. The second-order valence-electron chi connectivity index (χ2n) is 10.6. The topological polar surface area (TPSA) is 9.86 Å². The molecule has 0 saturated carbocycles. The van der Waals surface area contributed by atoms with Crippen LogP contribution in [-0.4, -0.2) is 9.13 Å². The summed E-state index contributed by atoms with van der Waals surface area (Å²) in [4.78, 5) is 0. The van der Waals surface area contributed by atoms with Gasteiger partial charge < -0.3 is 9.13 Å². The molecule has 0 fully saturated rings. The van der Waals surface area contributed by atoms with E-state index in [0.717, 1.165) is 19.5 Å². The zero-order valence-electron chi connectivity index (χ0n) is 22.6. The van der Waals surface area contributed by atoms with E-state index in [-0.39, 0.29) is 0 Å². The van der Waals surface area contributed by atoms with Crippen molar-refractivity contribution < 1.29 is 0 Å². The monoisotopic (exact) mass is 516 g/mol. The molecule has 0 amide bonds. The van der Waals surface area contributed by atoms with E-state index < -0.39 is 0 Å². The van der Waals surface area contributed by atoms with Crippen LogP contribution >= 0.6 is 0 Å². The highest BCUT2D eigenvalue weighted by Crippen LogP contribution is 2.32. The number of para-hydroxylation sites is 4. The Balaban J connectivity index is 1.19. The third-order valence-corrected chi connectivity index (χ3v) is 8.14. The minimum Gasteiger partial charge on any atom is -0.340 e. The Morgan fingerprint density at radius 3 is 1.73 bits per heavy atom. The Labute approximate surface area is 235 Å². The van der Waals surface area contributed by atoms with E-state index in [2.05, 4.69) is 149 Å². The SMILES string of the molecule is C=C/C=C(\C=C/Cn1c2ccccc2c2ccccc21)C1=CC(Cn2c3ccccc3c3ccccc32)CC=C1. The van der Waals surface area contributed by atoms with Gasteiger partial charge in [0, 0.05) is 56.7 Å². The van der Waals surface area contributed by atoms with Crippen LogP contribution in [0.15, 0.2) is 157 Å². The molecule has 4 aromatic carbocycles. The predicted octanol–water partition coefficient (Wildman–Crippen LogP) is 9.77. The van der Waals surface area contributed by atoms with Gasteiger partial charge in [0.2, 0.25) is 0 Å². The van der Waals surface area contributed by atoms with Crippen molar-refractivity contribution in [2.45, 2.75) is 19.5 Å². The first kappa shape index (κ1) is 24.2. The normalized spacial score (nSPS) is 16.1. The molecule has 1 aliphatic rings. The zero-order chi connectivity index (χ0) is 26.9. The molecule has 1 unspecified atom stereocenters. The molecule has 0 saturated heterocycles. The van der Waals surface area contributed by atoms with Gasteiger partial charge in [-0.3, -0.25) is 0 Å². The van der Waals surface area contributed by atoms with Gasteiger partial charge >= 0.3 is 0 Å². The van der Waals surface area contributed by atoms with Crippen LogP contribution in [0.25, 0.3) is 43.6 Å². The fourth-order valence-electron chi connectivity index (χ4n) is 6.36. The average Bonchev–Trinajstić information content (AvgIpc) is 3.50. The summed E-state index contributed by atoms with van der Waals surface area (Å²) in [6.07, 6.45) is 16.6. The Bertz CT molecular complexity index is 1900. The van der Waals surface area contributed by atoms with Crippen molar-refractivity contribution >= 4 is 43.6 Å². The van der Waals surface area contributed by atoms with Crippen LogP contribution in [0.5, 0.6) is 0 Å². The molecule has 0 N–H and O–H groups in total. The number of nitrogens with zero attached hydrogens (tertiary/aromatic N) is 2. The highest BCUT2D eigenvalue weighted by atomic mass is 15.0. The third-order valence-electron chi connectivity index (χ3n) is 8.14. The van der Waals surface area contributed by atoms with Crippen LogP contribution in [-0.2, 0) is 13.1 Å². The highest BCUT2D eigenvalue weighted by Gasteiger charge is 2.16. The summed E-state index contributed by atoms with van der Waals surface area (Å²) in [6.45, 7) is 5.77. The number of aromatic nitrogens is 2. The molecule has 0 aliphatic heterocycles. The van der Waals surface area contributed by atoms with Crippen molar-refractivity contribution in [2.24, 2.45) is 5.92 Å². The molecule has 0 radical (unpaired) electrons. The van der Waals surface area contributed by atoms with E-state index in [4.69, 9.17) is 0 Å². The number of benzene rings is 4. The fraction of sp³-hybridized carbons (Fsp3) is 0.105. The maximum absolute atomic E-state index is 4.01. The minimum atomic E-state index is 0.415. The third kappa shape index (κ3) is 4.23. The van der Waals surface area contributed by atoms with Gasteiger partial charge in [-0.15, -0.1) is 0 Å². The van der Waals surface area contributed by atoms with Crippen molar-refractivity contribution in [3.63, 3.8) is 0 Å². The number of hydrogen-bond donors (Lipinski definition) is 0. The van der Waals surface area contributed by atoms with Crippen LogP contribution < -0.4 is 0 Å². The van der Waals surface area contributed by atoms with Crippen molar-refractivity contribution in [1.82, 2.24) is 9.13 Å². The maximum Gasteiger partial charge on any atom is 0.0494 e. The lowest BCUT2D eigenvalue weighted by molar-refractivity contribution is 0.551. The Morgan fingerprint density at radius 1 is 0.700 bits per heavy atom. The van der Waals surface area contributed by atoms with Crippen molar-refractivity contribution in [2.75, 3.05) is 0 Å². The van der Waals surface area contributed by atoms with E-state index in [1.807, 2.05) is 6.08 Å². The first-order valence-electron chi connectivity index (χ1n) is 14.1. The molecule has 194 valence electrons. The zero-order valence-corrected chi connectivity index (χ0v) is 22.6. The van der Waals surface area contributed by atoms with Crippen molar-refractivity contribution in [1.29, 1.82) is 0 Å². The number of hydrogen-bond acceptors (Lipinski definition) is 0. The Hall–Kier alpha value is -4.82. The number of rotatable bonds is 7. The maximum atomic E-state index is 4.01. The molecule has 2 heteroatoms. The molecule has 0 bridgehead atoms. The molecule has 1 atom stereocenters. The van der Waals surface area contributed by atoms with Crippen LogP contribution in [0.1, 0.15) is 6.42 Å². The first-order chi connectivity index (χ1) is 19.8. The van der Waals surface area contributed by atoms with Gasteiger partial charge in [-0.1, -0.05) is 122 Å². The van der Waals surface area contributed by atoms with Crippen LogP contribution in [0.2, 0.25) is 0 Å². The van der Waals surface area contributed by atoms with Crippen molar-refractivity contribution in [3.05, 3.63) is 157 Å². The summed E-state index contributed by atoms with van der Waals surface area (Å²) >= 11 is 0. The summed E-state index contributed by atoms with van der Waals surface area (Å²) in [5.74, 6) is 0.415. The van der Waals surface area contributed by atoms with Gasteiger partial charge in [-0.2, -0.15) is 0 Å². The standard InChI is InChI=1S/C38H32N2/c1-2-13-29(16-12-25-39-35-21-7-3-17-31(35)32-18-4-8-22-36(32)39)30-15-11-14-28(26-30)27-40-37-23-9-5-19-33(37)34-20-6-10-24-38(34)40/h2-13,15-24,26,28H,1,14,25,27H2/b16-12-,29-13+. The van der Waals surface area contributed by atoms with E-state index in [1.165, 1.54) is 54.8 Å². The Kier molecular flexibility index (Phi) is 6.30. The van der Waals surface area contributed by atoms with E-state index in [1.54, 1.807) is 0 Å². The number of fused-ring (bicyclic) bond motifs is 6. The van der Waals surface area contributed by atoms with Gasteiger partial charge in [-0.25, -0.2) is 0 Å². The lowest BCUT2D eigenvalue weighted by Crippen LogP contribution is -2.11. The van der Waals surface area contributed by atoms with Gasteiger partial charge in [-0.05, 0) is 47.8 Å². The quantitative estimate of drug-likeness (QED) is 0.187. The largest absolute Gasteiger partial charge is 0.340 e. The van der Waals surface area contributed by atoms with Gasteiger partial charge in [0.05, 0.1) is 0 Å². The molecule has 40 heavy (non-hydrogen) atoms. The van der Waals surface area contributed by atoms with Crippen LogP contribution in [0.4, 0.5) is 0 Å². The van der Waals surface area contributed by atoms with Crippen molar-refractivity contribution in [3.8, 4) is 0 Å². The van der Waals surface area contributed by atoms with E-state index in [0.29, 0.717) is 5.92 Å². The summed E-state index contributed by atoms with van der Waals surface area (Å²) in [5.41, 5.74) is 7.60. The lowest BCUT2D eigenvalue weighted by atomic mass is 9.91. The molecular weight excluding hydrogens is 484 g/mol. The van der Waals surface area contributed by atoms with Crippen LogP contribution in [0, 0.1) is 5.92 Å². The molecule has 2 aromatic heterocycles. The second kappa shape index (κ2) is 10.4. The molecule has 2 nitrogen and oxygen atoms in total. The van der Waals surface area contributed by atoms with Gasteiger partial charge in [0.1, 0.15) is 0 Å². The summed E-state index contributed by atoms with van der Waals surface area (Å²) in [7, 11) is 0. The smallest absolute Gasteiger partial charge is 0.0494 e. The number of allylic oxidation sites excluding steroid dienone is 9. The highest BCUT2D eigenvalue weighted by molar-refractivity contribution is 6.08. The van der Waals surface area contributed by atoms with Gasteiger partial charge in [0.15, 0.2) is 0 Å². The van der Waals surface area contributed by atoms with Gasteiger partial charge in [0.25, 0.3) is 0 Å². The predicted molar refractivity (Wildman–Crippen MR) is 172 cm³/mol. The Morgan fingerprint density at radius 2 is 1.20 bits per heavy atom.